The van der Waals surface area contributed by atoms with Crippen LogP contribution in [0.3, 0.4) is 0 Å². The number of carbonyl (C=O) groups excluding carboxylic acids is 3. The number of ether oxygens (including phenoxy) is 4. The Hall–Kier alpha value is -2.55. The Morgan fingerprint density at radius 3 is 2.32 bits per heavy atom. The number of thioether (sulfide) groups is 1. The van der Waals surface area contributed by atoms with Gasteiger partial charge in [0.05, 0.1) is 0 Å². The Balaban J connectivity index is 2.46. The molecule has 1 saturated heterocycles. The Bertz CT molecular complexity index is 993. The number of carbonyl (C=O) groups is 3. The van der Waals surface area contributed by atoms with Gasteiger partial charge in [-0.3, -0.25) is 14.4 Å². The molecule has 11 nitrogen and oxygen atoms in total. The van der Waals surface area contributed by atoms with Gasteiger partial charge in [0, 0.05) is 41.2 Å². The molecule has 16 heteroatoms. The third-order valence-electron chi connectivity index (χ3n) is 4.19. The third-order valence-corrected chi connectivity index (χ3v) is 5.91. The molecular weight excluding hydrogens is 553 g/mol. The van der Waals surface area contributed by atoms with E-state index >= 15 is 0 Å². The molecule has 0 saturated carbocycles. The molecule has 1 fully saturated rings. The molecule has 186 valence electrons. The van der Waals surface area contributed by atoms with Crippen LogP contribution in [0.5, 0.6) is 0 Å². The van der Waals surface area contributed by atoms with Gasteiger partial charge in [0.15, 0.2) is 5.69 Å². The lowest BCUT2D eigenvalue weighted by Gasteiger charge is -2.43. The molecule has 1 aliphatic rings. The first-order valence-corrected chi connectivity index (χ1v) is 11.1. The normalized spacial score (nSPS) is 24.5. The zero-order valence-electron chi connectivity index (χ0n) is 17.8. The fraction of sp³-hybridized carbons (Fsp3) is 0.556. The molecule has 0 radical (unpaired) electrons. The van der Waals surface area contributed by atoms with E-state index in [0.717, 1.165) is 44.8 Å². The van der Waals surface area contributed by atoms with Crippen molar-refractivity contribution in [1.82, 2.24) is 4.98 Å². The van der Waals surface area contributed by atoms with Crippen molar-refractivity contribution in [2.45, 2.75) is 61.6 Å². The number of aromatic nitrogens is 1. The van der Waals surface area contributed by atoms with Crippen molar-refractivity contribution < 1.29 is 46.5 Å². The number of halogens is 4. The Labute approximate surface area is 203 Å². The van der Waals surface area contributed by atoms with Crippen LogP contribution >= 0.6 is 27.7 Å². The molecule has 5 atom stereocenters. The number of alkyl halides is 3. The number of azide groups is 1. The lowest BCUT2D eigenvalue weighted by atomic mass is 9.97. The highest BCUT2D eigenvalue weighted by molar-refractivity contribution is 9.10. The van der Waals surface area contributed by atoms with Crippen molar-refractivity contribution in [3.63, 3.8) is 0 Å². The lowest BCUT2D eigenvalue weighted by molar-refractivity contribution is -0.201. The molecule has 0 spiro atoms. The van der Waals surface area contributed by atoms with Crippen molar-refractivity contribution in [1.29, 1.82) is 0 Å². The highest BCUT2D eigenvalue weighted by Gasteiger charge is 2.50. The van der Waals surface area contributed by atoms with E-state index in [-0.39, 0.29) is 9.37 Å². The van der Waals surface area contributed by atoms with Gasteiger partial charge in [-0.05, 0) is 27.5 Å². The van der Waals surface area contributed by atoms with Gasteiger partial charge in [-0.25, -0.2) is 4.98 Å². The molecule has 0 unspecified atom stereocenters. The van der Waals surface area contributed by atoms with Gasteiger partial charge in [-0.2, -0.15) is 13.2 Å². The summed E-state index contributed by atoms with van der Waals surface area (Å²) in [5.41, 5.74) is 6.75. The molecule has 0 N–H and O–H groups in total. The van der Waals surface area contributed by atoms with Crippen LogP contribution in [0.25, 0.3) is 10.4 Å². The summed E-state index contributed by atoms with van der Waals surface area (Å²) >= 11 is 3.64. The summed E-state index contributed by atoms with van der Waals surface area (Å²) in [5, 5.41) is 3.60. The van der Waals surface area contributed by atoms with Gasteiger partial charge in [0.1, 0.15) is 36.4 Å². The van der Waals surface area contributed by atoms with E-state index in [1.807, 2.05) is 0 Å². The molecule has 0 aromatic carbocycles. The van der Waals surface area contributed by atoms with Gasteiger partial charge in [-0.1, -0.05) is 16.9 Å². The molecule has 0 bridgehead atoms. The minimum absolute atomic E-state index is 0.180. The maximum atomic E-state index is 13.0. The van der Waals surface area contributed by atoms with Crippen LogP contribution in [0.2, 0.25) is 0 Å². The number of hydrogen-bond acceptors (Lipinski definition) is 10. The first-order valence-electron chi connectivity index (χ1n) is 9.40. The van der Waals surface area contributed by atoms with Gasteiger partial charge < -0.3 is 18.9 Å². The molecule has 34 heavy (non-hydrogen) atoms. The maximum Gasteiger partial charge on any atom is 0.434 e. The van der Waals surface area contributed by atoms with Crippen molar-refractivity contribution in [3.8, 4) is 0 Å². The third kappa shape index (κ3) is 7.48. The fourth-order valence-corrected chi connectivity index (χ4v) is 4.84. The van der Waals surface area contributed by atoms with Gasteiger partial charge in [0.25, 0.3) is 0 Å². The molecule has 1 aromatic heterocycles. The average Bonchev–Trinajstić information content (AvgIpc) is 2.69. The Morgan fingerprint density at radius 1 is 1.21 bits per heavy atom. The smallest absolute Gasteiger partial charge is 0.434 e. The minimum atomic E-state index is -4.69. The summed E-state index contributed by atoms with van der Waals surface area (Å²) in [6, 6.07) is -0.174. The number of pyridine rings is 1. The number of hydrogen-bond donors (Lipinski definition) is 0. The van der Waals surface area contributed by atoms with Gasteiger partial charge in [-0.15, -0.1) is 0 Å². The SMILES string of the molecule is CC(=O)OC[C@H]1O[C@H](Sc2cnc(C(F)(F)F)c(Br)c2)[C@H](OC(C)=O)[C@@H](N=[N+]=[N-])[C@H]1OC(C)=O. The lowest BCUT2D eigenvalue weighted by Crippen LogP contribution is -2.59. The zero-order chi connectivity index (χ0) is 25.6. The molecule has 1 aliphatic heterocycles. The van der Waals surface area contributed by atoms with Gasteiger partial charge in [0.2, 0.25) is 0 Å². The van der Waals surface area contributed by atoms with E-state index in [2.05, 4.69) is 30.9 Å². The first kappa shape index (κ1) is 27.7. The standard InChI is InChI=1S/C18H18BrF3N4O7S/c1-7(27)30-6-12-14(31-8(2)28)13(25-26-23)15(32-9(3)29)17(33-12)34-10-4-11(19)16(24-5-10)18(20,21)22/h4-5,12-15,17H,6H2,1-3H3/t12-,13+,14+,15-,17-/m1/s1. The van der Waals surface area contributed by atoms with Crippen LogP contribution in [0, 0.1) is 0 Å². The number of nitrogens with zero attached hydrogens (tertiary/aromatic N) is 4. The second-order valence-corrected chi connectivity index (χ2v) is 8.83. The largest absolute Gasteiger partial charge is 0.463 e. The molecule has 2 heterocycles. The maximum absolute atomic E-state index is 13.0. The molecule has 2 rings (SSSR count). The van der Waals surface area contributed by atoms with E-state index in [4.69, 9.17) is 24.5 Å². The van der Waals surface area contributed by atoms with Crippen LogP contribution in [0.15, 0.2) is 26.7 Å². The molecule has 0 aliphatic carbocycles. The van der Waals surface area contributed by atoms with Crippen LogP contribution in [-0.4, -0.2) is 59.3 Å². The van der Waals surface area contributed by atoms with Crippen molar-refractivity contribution in [2.75, 3.05) is 6.61 Å². The second-order valence-electron chi connectivity index (χ2n) is 6.81. The Kier molecular flexibility index (Phi) is 9.55. The summed E-state index contributed by atoms with van der Waals surface area (Å²) in [6.45, 7) is 2.89. The van der Waals surface area contributed by atoms with Gasteiger partial charge >= 0.3 is 24.1 Å². The molecular formula is C18H18BrF3N4O7S. The monoisotopic (exact) mass is 570 g/mol. The van der Waals surface area contributed by atoms with Crippen molar-refractivity contribution in [2.24, 2.45) is 5.11 Å². The summed E-state index contributed by atoms with van der Waals surface area (Å²) in [7, 11) is 0. The highest BCUT2D eigenvalue weighted by atomic mass is 79.9. The predicted molar refractivity (Wildman–Crippen MR) is 112 cm³/mol. The summed E-state index contributed by atoms with van der Waals surface area (Å²) < 4.78 is 60.0. The Morgan fingerprint density at radius 2 is 1.82 bits per heavy atom. The van der Waals surface area contributed by atoms with Crippen molar-refractivity contribution in [3.05, 3.63) is 32.9 Å². The van der Waals surface area contributed by atoms with E-state index in [1.165, 1.54) is 0 Å². The minimum Gasteiger partial charge on any atom is -0.463 e. The van der Waals surface area contributed by atoms with E-state index < -0.39 is 66.2 Å². The predicted octanol–water partition coefficient (Wildman–Crippen LogP) is 3.79. The molecule has 1 aromatic rings. The van der Waals surface area contributed by atoms with E-state index in [9.17, 15) is 27.6 Å². The summed E-state index contributed by atoms with van der Waals surface area (Å²) in [4.78, 5) is 41.0. The zero-order valence-corrected chi connectivity index (χ0v) is 20.2. The molecule has 0 amide bonds. The van der Waals surface area contributed by atoms with E-state index in [1.54, 1.807) is 0 Å². The van der Waals surface area contributed by atoms with Crippen LogP contribution in [-0.2, 0) is 39.5 Å². The average molecular weight is 571 g/mol. The van der Waals surface area contributed by atoms with Crippen molar-refractivity contribution >= 4 is 45.6 Å². The van der Waals surface area contributed by atoms with Crippen LogP contribution in [0.1, 0.15) is 26.5 Å². The first-order chi connectivity index (χ1) is 15.8. The summed E-state index contributed by atoms with van der Waals surface area (Å²) in [5.74, 6) is -2.24. The van der Waals surface area contributed by atoms with E-state index in [0.29, 0.717) is 0 Å². The second kappa shape index (κ2) is 11.7. The van der Waals surface area contributed by atoms with Crippen LogP contribution < -0.4 is 0 Å². The highest BCUT2D eigenvalue weighted by Crippen LogP contribution is 2.40. The fourth-order valence-electron chi connectivity index (χ4n) is 3.00. The summed E-state index contributed by atoms with van der Waals surface area (Å²) in [6.07, 6.45) is -7.53. The topological polar surface area (TPSA) is 150 Å². The quantitative estimate of drug-likeness (QED) is 0.157. The number of esters is 3. The number of rotatable bonds is 7. The van der Waals surface area contributed by atoms with Crippen LogP contribution in [0.4, 0.5) is 13.2 Å².